The first kappa shape index (κ1) is 36.1. The van der Waals surface area contributed by atoms with Crippen LogP contribution < -0.4 is 0 Å². The van der Waals surface area contributed by atoms with E-state index in [1.54, 1.807) is 6.20 Å². The molecule has 4 aromatic heterocycles. The van der Waals surface area contributed by atoms with Crippen molar-refractivity contribution in [2.75, 3.05) is 0 Å². The Kier molecular flexibility index (Phi) is 9.84. The predicted molar refractivity (Wildman–Crippen MR) is 242 cm³/mol. The number of hydrogen-bond donors (Lipinski definition) is 0. The van der Waals surface area contributed by atoms with Crippen molar-refractivity contribution in [2.45, 2.75) is 0 Å². The van der Waals surface area contributed by atoms with Crippen LogP contribution in [-0.4, -0.2) is 29.9 Å². The molecule has 0 saturated heterocycles. The predicted octanol–water partition coefficient (Wildman–Crippen LogP) is 13.1. The first-order chi connectivity index (χ1) is 29.7. The quantitative estimate of drug-likeness (QED) is 0.145. The fourth-order valence-corrected chi connectivity index (χ4v) is 7.28. The van der Waals surface area contributed by atoms with Crippen molar-refractivity contribution in [2.24, 2.45) is 0 Å². The molecule has 0 fully saturated rings. The summed E-state index contributed by atoms with van der Waals surface area (Å²) in [6, 6.07) is 70.4. The van der Waals surface area contributed by atoms with Crippen molar-refractivity contribution in [3.8, 4) is 101 Å². The van der Waals surface area contributed by atoms with Gasteiger partial charge >= 0.3 is 0 Å². The second-order valence-corrected chi connectivity index (χ2v) is 14.4. The monoisotopic (exact) mass is 768 g/mol. The third kappa shape index (κ3) is 7.73. The Balaban J connectivity index is 0.900. The largest absolute Gasteiger partial charge is 0.255 e. The van der Waals surface area contributed by atoms with Crippen LogP contribution in [-0.2, 0) is 0 Å². The third-order valence-electron chi connectivity index (χ3n) is 10.5. The van der Waals surface area contributed by atoms with E-state index in [1.165, 1.54) is 11.1 Å². The molecule has 10 aromatic rings. The molecular weight excluding hydrogens is 733 g/mol. The van der Waals surface area contributed by atoms with E-state index in [9.17, 15) is 0 Å². The lowest BCUT2D eigenvalue weighted by atomic mass is 9.98. The number of pyridine rings is 3. The molecule has 0 aliphatic rings. The summed E-state index contributed by atoms with van der Waals surface area (Å²) in [5.41, 5.74) is 14.8. The molecule has 0 amide bonds. The summed E-state index contributed by atoms with van der Waals surface area (Å²) in [6.07, 6.45) is 3.72. The Morgan fingerprint density at radius 1 is 0.217 bits per heavy atom. The fourth-order valence-electron chi connectivity index (χ4n) is 7.28. The van der Waals surface area contributed by atoms with Gasteiger partial charge in [0, 0.05) is 34.6 Å². The van der Waals surface area contributed by atoms with Gasteiger partial charge in [-0.05, 0) is 69.3 Å². The molecule has 0 aliphatic carbocycles. The van der Waals surface area contributed by atoms with Crippen LogP contribution in [0.25, 0.3) is 101 Å². The lowest BCUT2D eigenvalue weighted by Crippen LogP contribution is -2.00. The van der Waals surface area contributed by atoms with E-state index >= 15 is 0 Å². The molecule has 6 heteroatoms. The number of benzene rings is 6. The van der Waals surface area contributed by atoms with Gasteiger partial charge in [-0.1, -0.05) is 176 Å². The van der Waals surface area contributed by atoms with Crippen LogP contribution in [0.2, 0.25) is 0 Å². The molecule has 0 spiro atoms. The van der Waals surface area contributed by atoms with Gasteiger partial charge in [-0.2, -0.15) is 0 Å². The highest BCUT2D eigenvalue weighted by Gasteiger charge is 2.14. The van der Waals surface area contributed by atoms with E-state index < -0.39 is 0 Å². The van der Waals surface area contributed by atoms with Gasteiger partial charge in [0.05, 0.1) is 22.8 Å². The maximum atomic E-state index is 5.04. The summed E-state index contributed by atoms with van der Waals surface area (Å²) in [6.45, 7) is 0. The molecule has 282 valence electrons. The Hall–Kier alpha value is -8.22. The first-order valence-electron chi connectivity index (χ1n) is 19.8. The minimum Gasteiger partial charge on any atom is -0.255 e. The molecule has 10 rings (SSSR count). The molecule has 4 heterocycles. The minimum absolute atomic E-state index is 0.632. The van der Waals surface area contributed by atoms with Crippen LogP contribution in [0, 0.1) is 0 Å². The smallest absolute Gasteiger partial charge is 0.164 e. The molecular formula is C54H36N6. The topological polar surface area (TPSA) is 77.3 Å². The highest BCUT2D eigenvalue weighted by Crippen LogP contribution is 2.33. The zero-order valence-corrected chi connectivity index (χ0v) is 32.5. The minimum atomic E-state index is 0.632. The highest BCUT2D eigenvalue weighted by atomic mass is 15.0. The SMILES string of the molecule is c1ccc(-c2ccc(-c3cc(-c4ccccn4)nc(-c4ccc(-c5ccc(-c6ccc(-c7nc(-c8ccccc8)nc(-c8ccccc8)n7)cc6)cc5)cn4)c3)cc2)cc1. The van der Waals surface area contributed by atoms with Crippen molar-refractivity contribution < 1.29 is 0 Å². The van der Waals surface area contributed by atoms with E-state index in [0.717, 1.165) is 72.8 Å². The Bertz CT molecular complexity index is 2950. The fraction of sp³-hybridized carbons (Fsp3) is 0. The van der Waals surface area contributed by atoms with Crippen molar-refractivity contribution >= 4 is 0 Å². The summed E-state index contributed by atoms with van der Waals surface area (Å²) in [4.78, 5) is 29.2. The number of hydrogen-bond acceptors (Lipinski definition) is 6. The summed E-state index contributed by atoms with van der Waals surface area (Å²) in [5.74, 6) is 1.92. The summed E-state index contributed by atoms with van der Waals surface area (Å²) >= 11 is 0. The molecule has 0 bridgehead atoms. The van der Waals surface area contributed by atoms with Gasteiger partial charge in [-0.25, -0.2) is 19.9 Å². The van der Waals surface area contributed by atoms with Gasteiger partial charge in [-0.15, -0.1) is 0 Å². The normalized spacial score (nSPS) is 11.0. The first-order valence-corrected chi connectivity index (χ1v) is 19.8. The van der Waals surface area contributed by atoms with Gasteiger partial charge in [0.2, 0.25) is 0 Å². The maximum absolute atomic E-state index is 5.04. The zero-order chi connectivity index (χ0) is 40.1. The maximum Gasteiger partial charge on any atom is 0.164 e. The second-order valence-electron chi connectivity index (χ2n) is 14.4. The van der Waals surface area contributed by atoms with E-state index in [-0.39, 0.29) is 0 Å². The van der Waals surface area contributed by atoms with Crippen LogP contribution in [0.4, 0.5) is 0 Å². The molecule has 0 unspecified atom stereocenters. The number of rotatable bonds is 9. The lowest BCUT2D eigenvalue weighted by molar-refractivity contribution is 1.07. The molecule has 6 aromatic carbocycles. The molecule has 60 heavy (non-hydrogen) atoms. The van der Waals surface area contributed by atoms with Crippen molar-refractivity contribution in [3.05, 3.63) is 219 Å². The van der Waals surface area contributed by atoms with Crippen LogP contribution in [0.1, 0.15) is 0 Å². The van der Waals surface area contributed by atoms with Crippen LogP contribution in [0.3, 0.4) is 0 Å². The van der Waals surface area contributed by atoms with Gasteiger partial charge in [0.1, 0.15) is 0 Å². The molecule has 0 atom stereocenters. The highest BCUT2D eigenvalue weighted by molar-refractivity contribution is 5.78. The second kappa shape index (κ2) is 16.3. The van der Waals surface area contributed by atoms with Crippen LogP contribution in [0.15, 0.2) is 219 Å². The average Bonchev–Trinajstić information content (AvgIpc) is 3.35. The van der Waals surface area contributed by atoms with E-state index in [0.29, 0.717) is 17.5 Å². The summed E-state index contributed by atoms with van der Waals surface area (Å²) in [5, 5.41) is 0. The molecule has 0 saturated carbocycles. The lowest BCUT2D eigenvalue weighted by Gasteiger charge is -2.11. The Morgan fingerprint density at radius 3 is 1.00 bits per heavy atom. The average molecular weight is 769 g/mol. The molecule has 6 nitrogen and oxygen atoms in total. The third-order valence-corrected chi connectivity index (χ3v) is 10.5. The van der Waals surface area contributed by atoms with E-state index in [1.807, 2.05) is 97.2 Å². The summed E-state index contributed by atoms with van der Waals surface area (Å²) < 4.78 is 0. The number of aromatic nitrogens is 6. The van der Waals surface area contributed by atoms with Gasteiger partial charge in [-0.3, -0.25) is 9.97 Å². The van der Waals surface area contributed by atoms with Gasteiger partial charge < -0.3 is 0 Å². The summed E-state index contributed by atoms with van der Waals surface area (Å²) in [7, 11) is 0. The molecule has 0 aliphatic heterocycles. The van der Waals surface area contributed by atoms with E-state index in [2.05, 4.69) is 120 Å². The van der Waals surface area contributed by atoms with Crippen LogP contribution in [0.5, 0.6) is 0 Å². The molecule has 0 N–H and O–H groups in total. The van der Waals surface area contributed by atoms with E-state index in [4.69, 9.17) is 24.9 Å². The standard InChI is InChI=1S/C54H36N6/c1-4-12-37(13-5-1)38-21-25-42(26-22-38)47-34-50(48-18-10-11-33-55-48)57-51(35-47)49-32-31-46(36-56-49)41-23-19-39(20-24-41)40-27-29-45(30-28-40)54-59-52(43-14-6-2-7-15-43)58-53(60-54)44-16-8-3-9-17-44/h1-36H. The Labute approximate surface area is 348 Å². The van der Waals surface area contributed by atoms with Gasteiger partial charge in [0.15, 0.2) is 17.5 Å². The Morgan fingerprint density at radius 2 is 0.567 bits per heavy atom. The van der Waals surface area contributed by atoms with Crippen molar-refractivity contribution in [1.29, 1.82) is 0 Å². The van der Waals surface area contributed by atoms with Gasteiger partial charge in [0.25, 0.3) is 0 Å². The van der Waals surface area contributed by atoms with Crippen LogP contribution >= 0.6 is 0 Å². The number of nitrogens with zero attached hydrogens (tertiary/aromatic N) is 6. The van der Waals surface area contributed by atoms with Crippen molar-refractivity contribution in [3.63, 3.8) is 0 Å². The molecule has 0 radical (unpaired) electrons. The van der Waals surface area contributed by atoms with Crippen molar-refractivity contribution in [1.82, 2.24) is 29.9 Å². The zero-order valence-electron chi connectivity index (χ0n) is 32.5.